The van der Waals surface area contributed by atoms with E-state index in [9.17, 15) is 14.7 Å². The summed E-state index contributed by atoms with van der Waals surface area (Å²) in [6.07, 6.45) is 4.63. The van der Waals surface area contributed by atoms with Gasteiger partial charge in [-0.05, 0) is 42.9 Å². The van der Waals surface area contributed by atoms with E-state index in [0.717, 1.165) is 0 Å². The molecule has 0 aliphatic heterocycles. The zero-order valence-electron chi connectivity index (χ0n) is 24.7. The molecule has 0 spiro atoms. The highest BCUT2D eigenvalue weighted by Crippen LogP contribution is 2.31. The Morgan fingerprint density at radius 2 is 1.68 bits per heavy atom. The van der Waals surface area contributed by atoms with Gasteiger partial charge in [-0.1, -0.05) is 39.8 Å². The molecule has 0 saturated carbocycles. The number of aliphatic carboxylic acids is 1. The van der Waals surface area contributed by atoms with Crippen LogP contribution in [0.3, 0.4) is 0 Å². The molecule has 0 saturated heterocycles. The van der Waals surface area contributed by atoms with Gasteiger partial charge in [0.05, 0.1) is 27.8 Å². The molecule has 0 fully saturated rings. The summed E-state index contributed by atoms with van der Waals surface area (Å²) < 4.78 is 58.6. The fourth-order valence-corrected chi connectivity index (χ4v) is 3.21. The maximum absolute atomic E-state index is 13.3. The van der Waals surface area contributed by atoms with Crippen molar-refractivity contribution in [2.45, 2.75) is 47.0 Å². The number of carboxylic acids is 1. The summed E-state index contributed by atoms with van der Waals surface area (Å²) in [5.41, 5.74) is 0.310. The van der Waals surface area contributed by atoms with Gasteiger partial charge in [-0.15, -0.1) is 0 Å². The zero-order chi connectivity index (χ0) is 28.4. The topological polar surface area (TPSA) is 82.1 Å². The molecule has 0 aliphatic rings. The second kappa shape index (κ2) is 13.9. The van der Waals surface area contributed by atoms with Crippen molar-refractivity contribution in [3.8, 4) is 11.5 Å². The number of carboxylic acid groups (broad SMARTS) is 1. The number of allylic oxidation sites excluding steroid dienone is 2. The van der Waals surface area contributed by atoms with E-state index >= 15 is 0 Å². The van der Waals surface area contributed by atoms with Gasteiger partial charge in [0.2, 0.25) is 0 Å². The molecule has 1 aromatic rings. The first-order valence-electron chi connectivity index (χ1n) is 13.5. The summed E-state index contributed by atoms with van der Waals surface area (Å²) in [6.45, 7) is 7.46. The minimum atomic E-state index is -2.73. The first kappa shape index (κ1) is 18.3. The zero-order valence-corrected chi connectivity index (χ0v) is 18.7. The molecule has 1 unspecified atom stereocenters. The van der Waals surface area contributed by atoms with Crippen LogP contribution in [0.15, 0.2) is 30.4 Å². The highest BCUT2D eigenvalue weighted by Gasteiger charge is 2.24. The summed E-state index contributed by atoms with van der Waals surface area (Å²) in [7, 11) is -5.26. The summed E-state index contributed by atoms with van der Waals surface area (Å²) >= 11 is 0. The molecule has 31 heavy (non-hydrogen) atoms. The van der Waals surface area contributed by atoms with Gasteiger partial charge in [0.1, 0.15) is 0 Å². The molecule has 0 amide bonds. The van der Waals surface area contributed by atoms with Crippen LogP contribution in [0, 0.1) is 23.7 Å². The molecule has 0 bridgehead atoms. The number of hydrogen-bond donors (Lipinski definition) is 1. The Bertz CT molecular complexity index is 908. The second-order valence-electron chi connectivity index (χ2n) is 8.16. The van der Waals surface area contributed by atoms with E-state index in [2.05, 4.69) is 0 Å². The monoisotopic (exact) mass is 440 g/mol. The third-order valence-electron chi connectivity index (χ3n) is 5.20. The number of rotatable bonds is 15. The Balaban J connectivity index is 3.03. The van der Waals surface area contributed by atoms with Crippen LogP contribution in [-0.2, 0) is 9.53 Å². The lowest BCUT2D eigenvalue weighted by Gasteiger charge is -2.19. The van der Waals surface area contributed by atoms with Crippen LogP contribution in [0.2, 0.25) is 0 Å². The van der Waals surface area contributed by atoms with Crippen molar-refractivity contribution in [2.24, 2.45) is 23.7 Å². The van der Waals surface area contributed by atoms with Crippen LogP contribution in [0.1, 0.15) is 65.5 Å². The highest BCUT2D eigenvalue weighted by atomic mass is 16.5. The Kier molecular flexibility index (Phi) is 8.16. The minimum Gasteiger partial charge on any atom is -0.493 e. The smallest absolute Gasteiger partial charge is 0.307 e. The second-order valence-corrected chi connectivity index (χ2v) is 8.16. The number of carbonyl (C=O) groups is 2. The minimum absolute atomic E-state index is 0.0150. The molecule has 174 valence electrons. The molecule has 2 atom stereocenters. The predicted octanol–water partition coefficient (Wildman–Crippen LogP) is 5.26. The van der Waals surface area contributed by atoms with Gasteiger partial charge in [-0.25, -0.2) is 0 Å². The fraction of sp³-hybridized carbons (Fsp3) is 0.600. The lowest BCUT2D eigenvalue weighted by molar-refractivity contribution is -0.143. The summed E-state index contributed by atoms with van der Waals surface area (Å²) in [5, 5.41) is 9.35. The van der Waals surface area contributed by atoms with Crippen LogP contribution in [0.5, 0.6) is 11.5 Å². The first-order valence-corrected chi connectivity index (χ1v) is 10.5. The molecule has 0 aliphatic carbocycles. The number of hydrogen-bond acceptors (Lipinski definition) is 5. The van der Waals surface area contributed by atoms with Crippen LogP contribution in [0.25, 0.3) is 0 Å². The molecule has 1 N–H and O–H groups in total. The standard InChI is InChI=1S/C25H38O6/c1-17(2)20(10-7-8-11-21(18(3)4)25(27)28)24(26)19-12-13-22(30-6)23(16-19)31-15-9-14-29-5/h7-8,12-13,16-18,20-21H,9-11,14-15H2,1-6H3,(H,27,28)/t20?,21-/m0/s1/i5D3,6D3. The first-order chi connectivity index (χ1) is 17.0. The summed E-state index contributed by atoms with van der Waals surface area (Å²) in [5.74, 6) is -1.97. The largest absolute Gasteiger partial charge is 0.493 e. The van der Waals surface area contributed by atoms with E-state index in [-0.39, 0.29) is 48.8 Å². The maximum Gasteiger partial charge on any atom is 0.307 e. The van der Waals surface area contributed by atoms with Crippen LogP contribution < -0.4 is 9.47 Å². The normalized spacial score (nSPS) is 17.2. The van der Waals surface area contributed by atoms with E-state index in [0.29, 0.717) is 18.4 Å². The number of benzene rings is 1. The third-order valence-corrected chi connectivity index (χ3v) is 5.20. The number of methoxy groups -OCH3 is 2. The molecule has 0 radical (unpaired) electrons. The maximum atomic E-state index is 13.3. The molecule has 6 heteroatoms. The van der Waals surface area contributed by atoms with Crippen LogP contribution in [0.4, 0.5) is 0 Å². The summed E-state index contributed by atoms with van der Waals surface area (Å²) in [6, 6.07) is 4.26. The van der Waals surface area contributed by atoms with E-state index in [1.807, 2.05) is 33.8 Å². The number of carbonyl (C=O) groups excluding carboxylic acids is 1. The molecule has 1 aromatic carbocycles. The molecular weight excluding hydrogens is 396 g/mol. The average molecular weight is 441 g/mol. The van der Waals surface area contributed by atoms with Crippen molar-refractivity contribution < 1.29 is 37.1 Å². The highest BCUT2D eigenvalue weighted by molar-refractivity contribution is 5.98. The van der Waals surface area contributed by atoms with Gasteiger partial charge in [-0.3, -0.25) is 9.59 Å². The summed E-state index contributed by atoms with van der Waals surface area (Å²) in [4.78, 5) is 24.7. The van der Waals surface area contributed by atoms with Crippen molar-refractivity contribution in [1.82, 2.24) is 0 Å². The number of ether oxygens (including phenoxy) is 3. The van der Waals surface area contributed by atoms with Crippen LogP contribution in [-0.4, -0.2) is 44.1 Å². The van der Waals surface area contributed by atoms with E-state index < -0.39 is 31.9 Å². The van der Waals surface area contributed by atoms with Crippen molar-refractivity contribution in [3.63, 3.8) is 0 Å². The quantitative estimate of drug-likeness (QED) is 0.228. The average Bonchev–Trinajstić information content (AvgIpc) is 2.73. The van der Waals surface area contributed by atoms with Crippen molar-refractivity contribution >= 4 is 11.8 Å². The third kappa shape index (κ3) is 8.74. The van der Waals surface area contributed by atoms with Crippen molar-refractivity contribution in [1.29, 1.82) is 0 Å². The van der Waals surface area contributed by atoms with Crippen LogP contribution >= 0.6 is 0 Å². The van der Waals surface area contributed by atoms with Gasteiger partial charge < -0.3 is 19.3 Å². The lowest BCUT2D eigenvalue weighted by atomic mass is 9.84. The van der Waals surface area contributed by atoms with E-state index in [4.69, 9.17) is 22.4 Å². The Labute approximate surface area is 195 Å². The van der Waals surface area contributed by atoms with Crippen molar-refractivity contribution in [2.75, 3.05) is 27.3 Å². The molecule has 6 nitrogen and oxygen atoms in total. The molecule has 1 rings (SSSR count). The van der Waals surface area contributed by atoms with Gasteiger partial charge in [0, 0.05) is 31.5 Å². The van der Waals surface area contributed by atoms with Gasteiger partial charge >= 0.3 is 5.97 Å². The van der Waals surface area contributed by atoms with Gasteiger partial charge in [0.25, 0.3) is 0 Å². The molecular formula is C25H38O6. The lowest BCUT2D eigenvalue weighted by Crippen LogP contribution is -2.20. The Morgan fingerprint density at radius 1 is 1.00 bits per heavy atom. The SMILES string of the molecule is [2H]C([2H])([2H])OCCCOc1cc(C(=O)C(CC=CC[C@H](C(=O)O)C(C)C)C(C)C)ccc1OC([2H])([2H])[2H]. The van der Waals surface area contributed by atoms with Gasteiger partial charge in [0.15, 0.2) is 17.3 Å². The Hall–Kier alpha value is -2.34. The van der Waals surface area contributed by atoms with Crippen molar-refractivity contribution in [3.05, 3.63) is 35.9 Å². The molecule has 0 heterocycles. The Morgan fingerprint density at radius 3 is 2.26 bits per heavy atom. The number of Topliss-reactive ketones (excluding diaryl/α,β-unsaturated/α-hetero) is 1. The van der Waals surface area contributed by atoms with E-state index in [1.54, 1.807) is 6.08 Å². The molecule has 0 aromatic heterocycles. The predicted molar refractivity (Wildman–Crippen MR) is 122 cm³/mol. The fourth-order valence-electron chi connectivity index (χ4n) is 3.21. The van der Waals surface area contributed by atoms with E-state index in [1.165, 1.54) is 18.2 Å². The van der Waals surface area contributed by atoms with Gasteiger partial charge in [-0.2, -0.15) is 0 Å². The number of ketones is 1.